The van der Waals surface area contributed by atoms with Crippen LogP contribution >= 0.6 is 11.8 Å². The predicted octanol–water partition coefficient (Wildman–Crippen LogP) is 3.84. The monoisotopic (exact) mass is 263 g/mol. The van der Waals surface area contributed by atoms with E-state index in [0.29, 0.717) is 10.7 Å². The highest BCUT2D eigenvalue weighted by atomic mass is 32.2. The third kappa shape index (κ3) is 3.52. The SMILES string of the molecule is CSC(C)(C)CNCC1CCCc2ccccc21. The van der Waals surface area contributed by atoms with Crippen molar-refractivity contribution >= 4 is 11.8 Å². The molecule has 1 aromatic rings. The smallest absolute Gasteiger partial charge is 0.0225 e. The minimum absolute atomic E-state index is 0.341. The van der Waals surface area contributed by atoms with Crippen molar-refractivity contribution in [2.75, 3.05) is 19.3 Å². The van der Waals surface area contributed by atoms with E-state index in [-0.39, 0.29) is 0 Å². The summed E-state index contributed by atoms with van der Waals surface area (Å²) in [5, 5.41) is 3.67. The lowest BCUT2D eigenvalue weighted by Gasteiger charge is -2.28. The number of rotatable bonds is 5. The van der Waals surface area contributed by atoms with Crippen molar-refractivity contribution in [3.63, 3.8) is 0 Å². The first-order valence-electron chi connectivity index (χ1n) is 6.96. The number of hydrogen-bond acceptors (Lipinski definition) is 2. The van der Waals surface area contributed by atoms with Crippen LogP contribution in [0.15, 0.2) is 24.3 Å². The second-order valence-electron chi connectivity index (χ2n) is 5.88. The molecule has 1 atom stereocenters. The molecule has 18 heavy (non-hydrogen) atoms. The Balaban J connectivity index is 1.92. The Bertz CT molecular complexity index is 386. The van der Waals surface area contributed by atoms with Crippen LogP contribution in [-0.4, -0.2) is 24.1 Å². The molecule has 1 N–H and O–H groups in total. The standard InChI is InChI=1S/C16H25NS/c1-16(2,18-3)12-17-11-14-9-6-8-13-7-4-5-10-15(13)14/h4-5,7,10,14,17H,6,8-9,11-12H2,1-3H3. The summed E-state index contributed by atoms with van der Waals surface area (Å²) in [6, 6.07) is 8.97. The molecule has 2 heteroatoms. The molecule has 0 aromatic heterocycles. The topological polar surface area (TPSA) is 12.0 Å². The Morgan fingerprint density at radius 2 is 2.11 bits per heavy atom. The minimum Gasteiger partial charge on any atom is -0.315 e. The summed E-state index contributed by atoms with van der Waals surface area (Å²) >= 11 is 1.94. The number of hydrogen-bond donors (Lipinski definition) is 1. The van der Waals surface area contributed by atoms with Gasteiger partial charge < -0.3 is 5.32 Å². The van der Waals surface area contributed by atoms with Crippen LogP contribution in [0.3, 0.4) is 0 Å². The van der Waals surface area contributed by atoms with Gasteiger partial charge in [-0.15, -0.1) is 0 Å². The van der Waals surface area contributed by atoms with E-state index in [1.165, 1.54) is 19.3 Å². The van der Waals surface area contributed by atoms with Gasteiger partial charge in [0.2, 0.25) is 0 Å². The Kier molecular flexibility index (Phi) is 4.74. The molecule has 1 aliphatic rings. The average Bonchev–Trinajstić information content (AvgIpc) is 2.39. The minimum atomic E-state index is 0.341. The molecule has 0 fully saturated rings. The van der Waals surface area contributed by atoms with Gasteiger partial charge in [-0.25, -0.2) is 0 Å². The van der Waals surface area contributed by atoms with Gasteiger partial charge in [0.15, 0.2) is 0 Å². The summed E-state index contributed by atoms with van der Waals surface area (Å²) in [6.45, 7) is 6.83. The highest BCUT2D eigenvalue weighted by molar-refractivity contribution is 7.99. The zero-order valence-electron chi connectivity index (χ0n) is 11.8. The average molecular weight is 263 g/mol. The van der Waals surface area contributed by atoms with Gasteiger partial charge in [0.25, 0.3) is 0 Å². The van der Waals surface area contributed by atoms with E-state index in [4.69, 9.17) is 0 Å². The largest absolute Gasteiger partial charge is 0.315 e. The van der Waals surface area contributed by atoms with Crippen molar-refractivity contribution < 1.29 is 0 Å². The third-order valence-corrected chi connectivity index (χ3v) is 5.24. The zero-order valence-corrected chi connectivity index (χ0v) is 12.6. The first-order valence-corrected chi connectivity index (χ1v) is 8.18. The van der Waals surface area contributed by atoms with Crippen molar-refractivity contribution in [1.82, 2.24) is 5.32 Å². The maximum atomic E-state index is 3.67. The first-order chi connectivity index (χ1) is 8.62. The number of nitrogens with one attached hydrogen (secondary N) is 1. The van der Waals surface area contributed by atoms with Crippen molar-refractivity contribution in [1.29, 1.82) is 0 Å². The van der Waals surface area contributed by atoms with Crippen molar-refractivity contribution in [3.8, 4) is 0 Å². The van der Waals surface area contributed by atoms with Gasteiger partial charge >= 0.3 is 0 Å². The molecule has 0 radical (unpaired) electrons. The quantitative estimate of drug-likeness (QED) is 0.866. The highest BCUT2D eigenvalue weighted by Gasteiger charge is 2.21. The molecule has 100 valence electrons. The fraction of sp³-hybridized carbons (Fsp3) is 0.625. The van der Waals surface area contributed by atoms with Gasteiger partial charge in [0.1, 0.15) is 0 Å². The van der Waals surface area contributed by atoms with Crippen LogP contribution in [0.2, 0.25) is 0 Å². The van der Waals surface area contributed by atoms with Gasteiger partial charge in [-0.3, -0.25) is 0 Å². The number of fused-ring (bicyclic) bond motifs is 1. The van der Waals surface area contributed by atoms with Gasteiger partial charge in [-0.2, -0.15) is 11.8 Å². The maximum absolute atomic E-state index is 3.67. The molecule has 0 heterocycles. The van der Waals surface area contributed by atoms with E-state index < -0.39 is 0 Å². The first kappa shape index (κ1) is 14.0. The summed E-state index contributed by atoms with van der Waals surface area (Å²) in [7, 11) is 0. The van der Waals surface area contributed by atoms with Crippen molar-refractivity contribution in [2.24, 2.45) is 0 Å². The van der Waals surface area contributed by atoms with E-state index >= 15 is 0 Å². The fourth-order valence-corrected chi connectivity index (χ4v) is 2.93. The predicted molar refractivity (Wildman–Crippen MR) is 82.6 cm³/mol. The molecular formula is C16H25NS. The molecule has 1 nitrogen and oxygen atoms in total. The number of thioether (sulfide) groups is 1. The molecule has 0 saturated heterocycles. The fourth-order valence-electron chi connectivity index (χ4n) is 2.69. The molecule has 0 aliphatic heterocycles. The van der Waals surface area contributed by atoms with Gasteiger partial charge in [0.05, 0.1) is 0 Å². The van der Waals surface area contributed by atoms with E-state index in [1.54, 1.807) is 11.1 Å². The van der Waals surface area contributed by atoms with Crippen LogP contribution < -0.4 is 5.32 Å². The van der Waals surface area contributed by atoms with Crippen molar-refractivity contribution in [2.45, 2.75) is 43.8 Å². The zero-order chi connectivity index (χ0) is 13.0. The normalized spacial score (nSPS) is 19.6. The highest BCUT2D eigenvalue weighted by Crippen LogP contribution is 2.31. The molecule has 0 saturated carbocycles. The molecule has 2 rings (SSSR count). The van der Waals surface area contributed by atoms with Crippen molar-refractivity contribution in [3.05, 3.63) is 35.4 Å². The molecule has 0 spiro atoms. The van der Waals surface area contributed by atoms with Gasteiger partial charge in [0, 0.05) is 17.8 Å². The summed E-state index contributed by atoms with van der Waals surface area (Å²) in [4.78, 5) is 0. The van der Waals surface area contributed by atoms with E-state index in [1.807, 2.05) is 11.8 Å². The van der Waals surface area contributed by atoms with Crippen LogP contribution in [0.4, 0.5) is 0 Å². The van der Waals surface area contributed by atoms with Crippen LogP contribution in [-0.2, 0) is 6.42 Å². The molecule has 1 aromatic carbocycles. The third-order valence-electron chi connectivity index (χ3n) is 3.99. The van der Waals surface area contributed by atoms with Gasteiger partial charge in [-0.05, 0) is 56.4 Å². The lowest BCUT2D eigenvalue weighted by Crippen LogP contribution is -2.35. The molecule has 0 amide bonds. The van der Waals surface area contributed by atoms with Crippen LogP contribution in [0, 0.1) is 0 Å². The van der Waals surface area contributed by atoms with E-state index in [2.05, 4.69) is 49.7 Å². The molecule has 1 unspecified atom stereocenters. The van der Waals surface area contributed by atoms with E-state index in [9.17, 15) is 0 Å². The Morgan fingerprint density at radius 1 is 1.33 bits per heavy atom. The Labute approximate surface area is 116 Å². The Morgan fingerprint density at radius 3 is 2.89 bits per heavy atom. The maximum Gasteiger partial charge on any atom is 0.0225 e. The van der Waals surface area contributed by atoms with Crippen LogP contribution in [0.1, 0.15) is 43.7 Å². The lowest BCUT2D eigenvalue weighted by molar-refractivity contribution is 0.490. The lowest BCUT2D eigenvalue weighted by atomic mass is 9.83. The summed E-state index contributed by atoms with van der Waals surface area (Å²) in [5.41, 5.74) is 3.15. The summed E-state index contributed by atoms with van der Waals surface area (Å²) in [6.07, 6.45) is 6.14. The van der Waals surface area contributed by atoms with E-state index in [0.717, 1.165) is 13.1 Å². The second kappa shape index (κ2) is 6.12. The van der Waals surface area contributed by atoms with Gasteiger partial charge in [-0.1, -0.05) is 24.3 Å². The number of benzene rings is 1. The molecule has 1 aliphatic carbocycles. The Hall–Kier alpha value is -0.470. The van der Waals surface area contributed by atoms with Crippen LogP contribution in [0.25, 0.3) is 0 Å². The molecular weight excluding hydrogens is 238 g/mol. The molecule has 0 bridgehead atoms. The second-order valence-corrected chi connectivity index (χ2v) is 7.40. The number of aryl methyl sites for hydroxylation is 1. The summed E-state index contributed by atoms with van der Waals surface area (Å²) < 4.78 is 0.341. The van der Waals surface area contributed by atoms with Crippen LogP contribution in [0.5, 0.6) is 0 Å². The summed E-state index contributed by atoms with van der Waals surface area (Å²) in [5.74, 6) is 0.715.